The van der Waals surface area contributed by atoms with E-state index >= 15 is 0 Å². The van der Waals surface area contributed by atoms with E-state index in [1.54, 1.807) is 24.3 Å². The van der Waals surface area contributed by atoms with Crippen molar-refractivity contribution in [3.05, 3.63) is 29.8 Å². The average Bonchev–Trinajstić information content (AvgIpc) is 2.35. The quantitative estimate of drug-likeness (QED) is 0.781. The Hall–Kier alpha value is -1.59. The van der Waals surface area contributed by atoms with Crippen LogP contribution in [-0.4, -0.2) is 36.0 Å². The molecular weight excluding hydrogens is 224 g/mol. The molecule has 17 heavy (non-hydrogen) atoms. The van der Waals surface area contributed by atoms with Gasteiger partial charge in [-0.15, -0.1) is 0 Å². The van der Waals surface area contributed by atoms with Crippen molar-refractivity contribution in [1.29, 1.82) is 0 Å². The summed E-state index contributed by atoms with van der Waals surface area (Å²) in [5.41, 5.74) is 0.627. The molecule has 0 spiro atoms. The molecule has 0 radical (unpaired) electrons. The Bertz CT molecular complexity index is 377. The maximum absolute atomic E-state index is 10.5. The average molecular weight is 240 g/mol. The second kappa shape index (κ2) is 6.22. The fourth-order valence-electron chi connectivity index (χ4n) is 1.25. The standard InChI is InChI=1S/C12H16O5/c1-8(12(14)15)17-7-11(13)9-4-3-5-10(6-9)16-2/h3-6,8,11,13H,7H2,1-2H3,(H,14,15). The molecule has 0 aliphatic rings. The van der Waals surface area contributed by atoms with E-state index in [1.807, 2.05) is 0 Å². The van der Waals surface area contributed by atoms with Crippen molar-refractivity contribution in [2.24, 2.45) is 0 Å². The van der Waals surface area contributed by atoms with E-state index in [9.17, 15) is 9.90 Å². The largest absolute Gasteiger partial charge is 0.497 e. The highest BCUT2D eigenvalue weighted by atomic mass is 16.5. The first-order valence-electron chi connectivity index (χ1n) is 5.21. The predicted octanol–water partition coefficient (Wildman–Crippen LogP) is 1.22. The van der Waals surface area contributed by atoms with E-state index in [1.165, 1.54) is 14.0 Å². The van der Waals surface area contributed by atoms with Crippen molar-refractivity contribution in [2.45, 2.75) is 19.1 Å². The Balaban J connectivity index is 2.57. The smallest absolute Gasteiger partial charge is 0.332 e. The number of carboxylic acids is 1. The number of carboxylic acid groups (broad SMARTS) is 1. The van der Waals surface area contributed by atoms with Crippen LogP contribution in [0.5, 0.6) is 5.75 Å². The molecular formula is C12H16O5. The Kier molecular flexibility index (Phi) is 4.93. The Labute approximate surface area is 99.6 Å². The molecule has 1 aromatic carbocycles. The lowest BCUT2D eigenvalue weighted by molar-refractivity contribution is -0.150. The molecule has 0 amide bonds. The SMILES string of the molecule is COc1cccc(C(O)COC(C)C(=O)O)c1. The molecule has 5 nitrogen and oxygen atoms in total. The van der Waals surface area contributed by atoms with Gasteiger partial charge in [0.2, 0.25) is 0 Å². The number of methoxy groups -OCH3 is 1. The topological polar surface area (TPSA) is 76.0 Å². The van der Waals surface area contributed by atoms with Crippen molar-refractivity contribution in [1.82, 2.24) is 0 Å². The molecule has 0 saturated carbocycles. The van der Waals surface area contributed by atoms with Crippen LogP contribution in [0.3, 0.4) is 0 Å². The van der Waals surface area contributed by atoms with Gasteiger partial charge in [-0.05, 0) is 24.6 Å². The van der Waals surface area contributed by atoms with Crippen LogP contribution in [0.25, 0.3) is 0 Å². The molecule has 0 fully saturated rings. The highest BCUT2D eigenvalue weighted by Gasteiger charge is 2.15. The van der Waals surface area contributed by atoms with Crippen LogP contribution in [0.15, 0.2) is 24.3 Å². The van der Waals surface area contributed by atoms with Crippen molar-refractivity contribution in [3.8, 4) is 5.75 Å². The lowest BCUT2D eigenvalue weighted by Gasteiger charge is -2.14. The molecule has 2 unspecified atom stereocenters. The summed E-state index contributed by atoms with van der Waals surface area (Å²) in [5, 5.41) is 18.4. The molecule has 0 heterocycles. The molecule has 0 bridgehead atoms. The van der Waals surface area contributed by atoms with E-state index < -0.39 is 18.2 Å². The number of carbonyl (C=O) groups is 1. The van der Waals surface area contributed by atoms with Gasteiger partial charge in [-0.1, -0.05) is 12.1 Å². The van der Waals surface area contributed by atoms with Crippen LogP contribution in [-0.2, 0) is 9.53 Å². The first-order chi connectivity index (χ1) is 8.04. The van der Waals surface area contributed by atoms with Crippen molar-refractivity contribution >= 4 is 5.97 Å². The zero-order chi connectivity index (χ0) is 12.8. The van der Waals surface area contributed by atoms with E-state index in [-0.39, 0.29) is 6.61 Å². The fraction of sp³-hybridized carbons (Fsp3) is 0.417. The third kappa shape index (κ3) is 4.05. The van der Waals surface area contributed by atoms with Gasteiger partial charge in [0.05, 0.1) is 13.7 Å². The number of aliphatic carboxylic acids is 1. The van der Waals surface area contributed by atoms with Gasteiger partial charge < -0.3 is 19.7 Å². The monoisotopic (exact) mass is 240 g/mol. The minimum absolute atomic E-state index is 0.0688. The summed E-state index contributed by atoms with van der Waals surface area (Å²) in [6, 6.07) is 6.91. The minimum atomic E-state index is -1.05. The Morgan fingerprint density at radius 2 is 2.18 bits per heavy atom. The molecule has 2 N–H and O–H groups in total. The number of rotatable bonds is 6. The predicted molar refractivity (Wildman–Crippen MR) is 61.0 cm³/mol. The van der Waals surface area contributed by atoms with Gasteiger partial charge in [0, 0.05) is 0 Å². The zero-order valence-electron chi connectivity index (χ0n) is 9.79. The van der Waals surface area contributed by atoms with Crippen LogP contribution in [0, 0.1) is 0 Å². The van der Waals surface area contributed by atoms with Gasteiger partial charge in [0.15, 0.2) is 6.10 Å². The summed E-state index contributed by atoms with van der Waals surface area (Å²) in [7, 11) is 1.54. The van der Waals surface area contributed by atoms with Crippen LogP contribution < -0.4 is 4.74 Å². The summed E-state index contributed by atoms with van der Waals surface area (Å²) in [6.45, 7) is 1.35. The Morgan fingerprint density at radius 1 is 1.47 bits per heavy atom. The number of hydrogen-bond donors (Lipinski definition) is 2. The van der Waals surface area contributed by atoms with Gasteiger partial charge in [0.1, 0.15) is 11.9 Å². The molecule has 2 atom stereocenters. The van der Waals surface area contributed by atoms with Crippen LogP contribution >= 0.6 is 0 Å². The second-order valence-corrected chi connectivity index (χ2v) is 3.61. The number of aliphatic hydroxyl groups excluding tert-OH is 1. The third-order valence-corrected chi connectivity index (χ3v) is 2.33. The molecule has 0 saturated heterocycles. The fourth-order valence-corrected chi connectivity index (χ4v) is 1.25. The van der Waals surface area contributed by atoms with Crippen molar-refractivity contribution < 1.29 is 24.5 Å². The van der Waals surface area contributed by atoms with E-state index in [0.29, 0.717) is 11.3 Å². The first-order valence-corrected chi connectivity index (χ1v) is 5.21. The summed E-state index contributed by atoms with van der Waals surface area (Å²) >= 11 is 0. The second-order valence-electron chi connectivity index (χ2n) is 3.61. The van der Waals surface area contributed by atoms with Crippen LogP contribution in [0.2, 0.25) is 0 Å². The molecule has 0 aliphatic carbocycles. The van der Waals surface area contributed by atoms with Crippen LogP contribution in [0.4, 0.5) is 0 Å². The number of ether oxygens (including phenoxy) is 2. The van der Waals surface area contributed by atoms with Gasteiger partial charge >= 0.3 is 5.97 Å². The number of aliphatic hydroxyl groups is 1. The maximum Gasteiger partial charge on any atom is 0.332 e. The lowest BCUT2D eigenvalue weighted by Crippen LogP contribution is -2.22. The highest BCUT2D eigenvalue weighted by Crippen LogP contribution is 2.19. The normalized spacial score (nSPS) is 14.1. The summed E-state index contributed by atoms with van der Waals surface area (Å²) < 4.78 is 10.0. The summed E-state index contributed by atoms with van der Waals surface area (Å²) in [6.07, 6.45) is -1.80. The molecule has 94 valence electrons. The first kappa shape index (κ1) is 13.5. The van der Waals surface area contributed by atoms with Crippen molar-refractivity contribution in [3.63, 3.8) is 0 Å². The number of benzene rings is 1. The third-order valence-electron chi connectivity index (χ3n) is 2.33. The molecule has 1 aromatic rings. The van der Waals surface area contributed by atoms with Gasteiger partial charge in [-0.2, -0.15) is 0 Å². The van der Waals surface area contributed by atoms with E-state index in [0.717, 1.165) is 0 Å². The van der Waals surface area contributed by atoms with Crippen LogP contribution in [0.1, 0.15) is 18.6 Å². The van der Waals surface area contributed by atoms with Crippen molar-refractivity contribution in [2.75, 3.05) is 13.7 Å². The van der Waals surface area contributed by atoms with E-state index in [2.05, 4.69) is 0 Å². The highest BCUT2D eigenvalue weighted by molar-refractivity contribution is 5.71. The maximum atomic E-state index is 10.5. The molecule has 5 heteroatoms. The molecule has 0 aliphatic heterocycles. The van der Waals surface area contributed by atoms with E-state index in [4.69, 9.17) is 14.6 Å². The summed E-state index contributed by atoms with van der Waals surface area (Å²) in [4.78, 5) is 10.5. The summed E-state index contributed by atoms with van der Waals surface area (Å²) in [5.74, 6) is -0.421. The minimum Gasteiger partial charge on any atom is -0.497 e. The number of hydrogen-bond acceptors (Lipinski definition) is 4. The zero-order valence-corrected chi connectivity index (χ0v) is 9.79. The molecule has 1 rings (SSSR count). The van der Waals surface area contributed by atoms with Gasteiger partial charge in [0.25, 0.3) is 0 Å². The Morgan fingerprint density at radius 3 is 2.76 bits per heavy atom. The van der Waals surface area contributed by atoms with Gasteiger partial charge in [-0.3, -0.25) is 0 Å². The molecule has 0 aromatic heterocycles. The van der Waals surface area contributed by atoms with Gasteiger partial charge in [-0.25, -0.2) is 4.79 Å². The lowest BCUT2D eigenvalue weighted by atomic mass is 10.1.